The number of hydrogen-bond donors (Lipinski definition) is 1. The average molecular weight is 296 g/mol. The fourth-order valence-electron chi connectivity index (χ4n) is 2.29. The van der Waals surface area contributed by atoms with Crippen molar-refractivity contribution in [1.82, 2.24) is 0 Å². The lowest BCUT2D eigenvalue weighted by molar-refractivity contribution is -0.138. The third-order valence-electron chi connectivity index (χ3n) is 3.46. The first-order valence-corrected chi connectivity index (χ1v) is 7.35. The maximum atomic E-state index is 11.3. The van der Waals surface area contributed by atoms with Crippen molar-refractivity contribution in [2.75, 3.05) is 6.61 Å². The quantitative estimate of drug-likeness (QED) is 0.634. The molecule has 0 aliphatic carbocycles. The third-order valence-corrected chi connectivity index (χ3v) is 3.46. The lowest BCUT2D eigenvalue weighted by Crippen LogP contribution is -2.10. The van der Waals surface area contributed by atoms with Crippen LogP contribution in [0.5, 0.6) is 0 Å². The van der Waals surface area contributed by atoms with Crippen molar-refractivity contribution in [1.29, 1.82) is 0 Å². The summed E-state index contributed by atoms with van der Waals surface area (Å²) >= 11 is 0. The normalized spacial score (nSPS) is 12.7. The molecule has 2 aromatic carbocycles. The van der Waals surface area contributed by atoms with Gasteiger partial charge in [0.2, 0.25) is 0 Å². The van der Waals surface area contributed by atoms with E-state index in [0.29, 0.717) is 12.4 Å². The smallest absolute Gasteiger partial charge is 0.310 e. The largest absolute Gasteiger partial charge is 0.493 e. The van der Waals surface area contributed by atoms with Crippen LogP contribution >= 0.6 is 0 Å². The summed E-state index contributed by atoms with van der Waals surface area (Å²) in [5, 5.41) is 9.30. The van der Waals surface area contributed by atoms with Gasteiger partial charge in [-0.1, -0.05) is 54.6 Å². The molecule has 0 saturated heterocycles. The summed E-state index contributed by atoms with van der Waals surface area (Å²) in [6, 6.07) is 17.3. The van der Waals surface area contributed by atoms with E-state index in [1.807, 2.05) is 67.6 Å². The van der Waals surface area contributed by atoms with Gasteiger partial charge in [0.1, 0.15) is 5.76 Å². The molecule has 2 aromatic rings. The Balaban J connectivity index is 2.50. The Morgan fingerprint density at radius 1 is 1.14 bits per heavy atom. The number of hydrogen-bond acceptors (Lipinski definition) is 2. The number of carboxylic acids is 1. The molecule has 3 nitrogen and oxygen atoms in total. The minimum absolute atomic E-state index is 0.522. The second-order valence-corrected chi connectivity index (χ2v) is 5.00. The minimum Gasteiger partial charge on any atom is -0.493 e. The Hall–Kier alpha value is -2.55. The highest BCUT2D eigenvalue weighted by Crippen LogP contribution is 2.28. The molecule has 0 amide bonds. The van der Waals surface area contributed by atoms with Gasteiger partial charge in [0.25, 0.3) is 0 Å². The number of benzene rings is 2. The molecule has 1 N–H and O–H groups in total. The number of carboxylic acid groups (broad SMARTS) is 1. The van der Waals surface area contributed by atoms with Gasteiger partial charge in [-0.05, 0) is 31.1 Å². The monoisotopic (exact) mass is 296 g/mol. The molecule has 0 heterocycles. The number of aliphatic carboxylic acids is 1. The number of carbonyl (C=O) groups is 1. The summed E-state index contributed by atoms with van der Waals surface area (Å²) in [5.74, 6) is -0.740. The van der Waals surface area contributed by atoms with E-state index in [2.05, 4.69) is 0 Å². The lowest BCUT2D eigenvalue weighted by Gasteiger charge is -2.16. The first-order chi connectivity index (χ1) is 10.6. The van der Waals surface area contributed by atoms with E-state index in [-0.39, 0.29) is 0 Å². The number of ether oxygens (including phenoxy) is 1. The van der Waals surface area contributed by atoms with Crippen LogP contribution in [-0.2, 0) is 9.53 Å². The van der Waals surface area contributed by atoms with Gasteiger partial charge in [-0.25, -0.2) is 0 Å². The van der Waals surface area contributed by atoms with Crippen LogP contribution < -0.4 is 0 Å². The molecule has 0 saturated carbocycles. The minimum atomic E-state index is -0.844. The lowest BCUT2D eigenvalue weighted by atomic mass is 9.94. The average Bonchev–Trinajstić information content (AvgIpc) is 2.54. The Labute approximate surface area is 130 Å². The van der Waals surface area contributed by atoms with E-state index in [1.54, 1.807) is 6.92 Å². The molecule has 0 aliphatic heterocycles. The van der Waals surface area contributed by atoms with Crippen LogP contribution in [0.2, 0.25) is 0 Å². The van der Waals surface area contributed by atoms with Gasteiger partial charge in [0.15, 0.2) is 0 Å². The second-order valence-electron chi connectivity index (χ2n) is 5.00. The van der Waals surface area contributed by atoms with Crippen LogP contribution in [0.25, 0.3) is 11.8 Å². The van der Waals surface area contributed by atoms with E-state index in [1.165, 1.54) is 0 Å². The molecule has 114 valence electrons. The van der Waals surface area contributed by atoms with Crippen molar-refractivity contribution in [2.24, 2.45) is 0 Å². The van der Waals surface area contributed by atoms with Crippen LogP contribution in [0, 0.1) is 0 Å². The maximum Gasteiger partial charge on any atom is 0.310 e. The summed E-state index contributed by atoms with van der Waals surface area (Å²) < 4.78 is 5.77. The van der Waals surface area contributed by atoms with E-state index >= 15 is 0 Å². The zero-order valence-electron chi connectivity index (χ0n) is 12.8. The molecule has 0 aliphatic rings. The fraction of sp³-hybridized carbons (Fsp3) is 0.211. The zero-order chi connectivity index (χ0) is 15.9. The van der Waals surface area contributed by atoms with Gasteiger partial charge in [-0.15, -0.1) is 0 Å². The van der Waals surface area contributed by atoms with E-state index < -0.39 is 11.9 Å². The summed E-state index contributed by atoms with van der Waals surface area (Å²) in [4.78, 5) is 11.3. The molecule has 0 bridgehead atoms. The highest BCUT2D eigenvalue weighted by molar-refractivity contribution is 5.83. The van der Waals surface area contributed by atoms with Gasteiger partial charge in [0, 0.05) is 5.56 Å². The molecule has 0 fully saturated rings. The first kappa shape index (κ1) is 15.8. The summed E-state index contributed by atoms with van der Waals surface area (Å²) in [6.07, 6.45) is 1.94. The Morgan fingerprint density at radius 3 is 2.41 bits per heavy atom. The van der Waals surface area contributed by atoms with Gasteiger partial charge in [-0.3, -0.25) is 4.79 Å². The van der Waals surface area contributed by atoms with E-state index in [0.717, 1.165) is 16.7 Å². The molecule has 2 rings (SSSR count). The molecule has 0 aromatic heterocycles. The van der Waals surface area contributed by atoms with Crippen LogP contribution in [0.4, 0.5) is 0 Å². The summed E-state index contributed by atoms with van der Waals surface area (Å²) in [7, 11) is 0. The highest BCUT2D eigenvalue weighted by atomic mass is 16.5. The van der Waals surface area contributed by atoms with Crippen molar-refractivity contribution in [3.63, 3.8) is 0 Å². The second kappa shape index (κ2) is 7.46. The maximum absolute atomic E-state index is 11.3. The first-order valence-electron chi connectivity index (χ1n) is 7.35. The predicted molar refractivity (Wildman–Crippen MR) is 88.4 cm³/mol. The van der Waals surface area contributed by atoms with Crippen LogP contribution in [0.3, 0.4) is 0 Å². The molecule has 22 heavy (non-hydrogen) atoms. The fourth-order valence-corrected chi connectivity index (χ4v) is 2.29. The molecule has 0 spiro atoms. The van der Waals surface area contributed by atoms with Crippen molar-refractivity contribution in [2.45, 2.75) is 19.8 Å². The van der Waals surface area contributed by atoms with Crippen LogP contribution in [0.1, 0.15) is 36.5 Å². The standard InChI is InChI=1S/C19H20O3/c1-3-22-18(13-15-9-5-4-6-10-15)17-12-8-7-11-16(17)14(2)19(20)21/h4-14H,3H2,1-2H3,(H,20,21). The molecule has 1 atom stereocenters. The predicted octanol–water partition coefficient (Wildman–Crippen LogP) is 4.41. The molecule has 0 radical (unpaired) electrons. The Bertz CT molecular complexity index is 659. The van der Waals surface area contributed by atoms with E-state index in [4.69, 9.17) is 4.74 Å². The SMILES string of the molecule is CCOC(=Cc1ccccc1)c1ccccc1C(C)C(=O)O. The van der Waals surface area contributed by atoms with E-state index in [9.17, 15) is 9.90 Å². The van der Waals surface area contributed by atoms with Crippen LogP contribution in [0.15, 0.2) is 54.6 Å². The van der Waals surface area contributed by atoms with Gasteiger partial charge < -0.3 is 9.84 Å². The Morgan fingerprint density at radius 2 is 1.77 bits per heavy atom. The molecule has 3 heteroatoms. The molecular formula is C19H20O3. The zero-order valence-corrected chi connectivity index (χ0v) is 12.8. The van der Waals surface area contributed by atoms with Crippen molar-refractivity contribution in [3.8, 4) is 0 Å². The van der Waals surface area contributed by atoms with Gasteiger partial charge in [0.05, 0.1) is 12.5 Å². The van der Waals surface area contributed by atoms with Gasteiger partial charge in [-0.2, -0.15) is 0 Å². The molecule has 1 unspecified atom stereocenters. The van der Waals surface area contributed by atoms with Crippen molar-refractivity contribution in [3.05, 3.63) is 71.3 Å². The molecular weight excluding hydrogens is 276 g/mol. The third kappa shape index (κ3) is 3.76. The summed E-state index contributed by atoms with van der Waals surface area (Å²) in [5.41, 5.74) is 2.59. The van der Waals surface area contributed by atoms with Crippen molar-refractivity contribution >= 4 is 17.8 Å². The van der Waals surface area contributed by atoms with Gasteiger partial charge >= 0.3 is 5.97 Å². The van der Waals surface area contributed by atoms with Crippen molar-refractivity contribution < 1.29 is 14.6 Å². The summed E-state index contributed by atoms with van der Waals surface area (Å²) in [6.45, 7) is 4.13. The Kier molecular flexibility index (Phi) is 5.37. The van der Waals surface area contributed by atoms with Crippen LogP contribution in [-0.4, -0.2) is 17.7 Å². The number of rotatable bonds is 6. The highest BCUT2D eigenvalue weighted by Gasteiger charge is 2.19. The topological polar surface area (TPSA) is 46.5 Å².